The van der Waals surface area contributed by atoms with Crippen molar-refractivity contribution in [3.8, 4) is 12.3 Å². The molecule has 0 bridgehead atoms. The van der Waals surface area contributed by atoms with Crippen LogP contribution in [0.5, 0.6) is 0 Å². The molecule has 0 aromatic heterocycles. The maximum absolute atomic E-state index is 5.60. The first-order valence-electron chi connectivity index (χ1n) is 7.32. The summed E-state index contributed by atoms with van der Waals surface area (Å²) in [6.45, 7) is 2.67. The van der Waals surface area contributed by atoms with Crippen LogP contribution in [-0.4, -0.2) is 12.9 Å². The Labute approximate surface area is 135 Å². The van der Waals surface area contributed by atoms with Gasteiger partial charge in [0, 0.05) is 28.2 Å². The van der Waals surface area contributed by atoms with Crippen LogP contribution in [0, 0.1) is 18.3 Å². The van der Waals surface area contributed by atoms with Crippen LogP contribution in [0.3, 0.4) is 0 Å². The molecule has 1 aromatic rings. The van der Waals surface area contributed by atoms with Gasteiger partial charge in [-0.15, -0.1) is 6.42 Å². The molecule has 1 nitrogen and oxygen atoms in total. The summed E-state index contributed by atoms with van der Waals surface area (Å²) in [6.07, 6.45) is 18.0. The molecule has 0 amide bonds. The Morgan fingerprint density at radius 3 is 3.05 bits per heavy atom. The summed E-state index contributed by atoms with van der Waals surface area (Å²) in [5.74, 6) is 2.97. The van der Waals surface area contributed by atoms with Crippen LogP contribution in [0.2, 0.25) is 0 Å². The molecule has 3 rings (SSSR count). The van der Waals surface area contributed by atoms with Crippen molar-refractivity contribution in [1.29, 1.82) is 0 Å². The minimum absolute atomic E-state index is 0.260. The predicted octanol–water partition coefficient (Wildman–Crippen LogP) is 4.51. The van der Waals surface area contributed by atoms with Gasteiger partial charge >= 0.3 is 6.29 Å². The number of aldehydes is 1. The van der Waals surface area contributed by atoms with Gasteiger partial charge in [0.25, 0.3) is 6.61 Å². The van der Waals surface area contributed by atoms with E-state index in [1.165, 1.54) is 15.4 Å². The molecular weight excluding hydrogens is 288 g/mol. The lowest BCUT2D eigenvalue weighted by molar-refractivity contribution is -0.446. The third kappa shape index (κ3) is 2.86. The monoisotopic (exact) mass is 305 g/mol. The van der Waals surface area contributed by atoms with Gasteiger partial charge in [-0.25, -0.2) is 0 Å². The lowest BCUT2D eigenvalue weighted by atomic mass is 9.96. The Kier molecular flexibility index (Phi) is 4.46. The second-order valence-corrected chi connectivity index (χ2v) is 6.09. The van der Waals surface area contributed by atoms with Gasteiger partial charge in [0.05, 0.1) is 5.57 Å². The second-order valence-electron chi connectivity index (χ2n) is 5.00. The van der Waals surface area contributed by atoms with Crippen LogP contribution in [0.4, 0.5) is 0 Å². The minimum Gasteiger partial charge on any atom is -0.262 e. The van der Waals surface area contributed by atoms with E-state index < -0.39 is 0 Å². The number of carbonyl (C=O) groups excluding carboxylic acids is 1. The molecule has 0 saturated heterocycles. The first kappa shape index (κ1) is 14.7. The molecular formula is C20H17OS+. The standard InChI is InChI=1S/C20H17OS/c1-3-15-9-8-10-16(13-15)20-18(14-21-4-2)17-11-6-5-7-12-19(17)22-20/h1,5-14,17H,4H2,2H3/q+1. The van der Waals surface area contributed by atoms with Crippen molar-refractivity contribution < 1.29 is 4.42 Å². The molecule has 0 radical (unpaired) electrons. The number of benzene rings is 1. The van der Waals surface area contributed by atoms with E-state index >= 15 is 0 Å². The maximum Gasteiger partial charge on any atom is 0.313 e. The van der Waals surface area contributed by atoms with Crippen LogP contribution < -0.4 is 0 Å². The number of thioether (sulfide) groups is 1. The van der Waals surface area contributed by atoms with E-state index in [-0.39, 0.29) is 5.92 Å². The summed E-state index contributed by atoms with van der Waals surface area (Å²) in [7, 11) is 0. The van der Waals surface area contributed by atoms with Crippen LogP contribution in [-0.2, 0) is 4.42 Å². The number of hydrogen-bond donors (Lipinski definition) is 0. The summed E-state index contributed by atoms with van der Waals surface area (Å²) in [5.41, 5.74) is 3.25. The lowest BCUT2D eigenvalue weighted by Gasteiger charge is -2.03. The third-order valence-corrected chi connectivity index (χ3v) is 4.88. The largest absolute Gasteiger partial charge is 0.313 e. The average Bonchev–Trinajstić information content (AvgIpc) is 2.74. The first-order chi connectivity index (χ1) is 10.8. The molecule has 2 aliphatic rings. The molecule has 1 heterocycles. The van der Waals surface area contributed by atoms with Gasteiger partial charge in [0.15, 0.2) is 0 Å². The fourth-order valence-corrected chi connectivity index (χ4v) is 3.79. The predicted molar refractivity (Wildman–Crippen MR) is 95.3 cm³/mol. The van der Waals surface area contributed by atoms with Gasteiger partial charge in [-0.05, 0) is 17.7 Å². The van der Waals surface area contributed by atoms with Crippen molar-refractivity contribution >= 4 is 23.0 Å². The molecule has 1 atom stereocenters. The number of rotatable bonds is 3. The molecule has 22 heavy (non-hydrogen) atoms. The Bertz CT molecular complexity index is 769. The molecule has 1 unspecified atom stereocenters. The number of terminal acetylenes is 1. The van der Waals surface area contributed by atoms with Crippen molar-refractivity contribution in [1.82, 2.24) is 0 Å². The SMILES string of the molecule is C#Cc1cccc(C2=C(C=[O+]CC)C3C=CC=CC=C3S2)c1. The Hall–Kier alpha value is -2.24. The average molecular weight is 305 g/mol. The Morgan fingerprint density at radius 2 is 2.23 bits per heavy atom. The smallest absolute Gasteiger partial charge is 0.262 e. The van der Waals surface area contributed by atoms with Crippen molar-refractivity contribution in [3.63, 3.8) is 0 Å². The number of hydrogen-bond acceptors (Lipinski definition) is 1. The van der Waals surface area contributed by atoms with E-state index in [1.54, 1.807) is 11.8 Å². The van der Waals surface area contributed by atoms with Crippen molar-refractivity contribution in [2.45, 2.75) is 6.92 Å². The van der Waals surface area contributed by atoms with E-state index in [9.17, 15) is 0 Å². The molecule has 0 fully saturated rings. The molecule has 0 N–H and O–H groups in total. The molecule has 108 valence electrons. The Balaban J connectivity index is 2.10. The summed E-state index contributed by atoms with van der Waals surface area (Å²) >= 11 is 1.80. The van der Waals surface area contributed by atoms with Crippen LogP contribution in [0.25, 0.3) is 4.91 Å². The highest BCUT2D eigenvalue weighted by Crippen LogP contribution is 2.50. The molecule has 2 heteroatoms. The van der Waals surface area contributed by atoms with E-state index in [2.05, 4.69) is 48.4 Å². The third-order valence-electron chi connectivity index (χ3n) is 3.58. The topological polar surface area (TPSA) is 11.3 Å². The van der Waals surface area contributed by atoms with Gasteiger partial charge in [0.1, 0.15) is 0 Å². The van der Waals surface area contributed by atoms with Gasteiger partial charge in [-0.2, -0.15) is 0 Å². The quantitative estimate of drug-likeness (QED) is 0.454. The zero-order valence-corrected chi connectivity index (χ0v) is 13.3. The normalized spacial score (nSPS) is 20.0. The molecule has 0 spiro atoms. The van der Waals surface area contributed by atoms with Crippen LogP contribution >= 0.6 is 11.8 Å². The summed E-state index contributed by atoms with van der Waals surface area (Å²) in [5, 5.41) is 0. The van der Waals surface area contributed by atoms with E-state index in [1.807, 2.05) is 25.3 Å². The fourth-order valence-electron chi connectivity index (χ4n) is 2.54. The van der Waals surface area contributed by atoms with Gasteiger partial charge in [0.2, 0.25) is 0 Å². The highest BCUT2D eigenvalue weighted by atomic mass is 32.2. The van der Waals surface area contributed by atoms with Crippen LogP contribution in [0.1, 0.15) is 18.1 Å². The zero-order chi connectivity index (χ0) is 15.4. The summed E-state index contributed by atoms with van der Waals surface area (Å²) in [4.78, 5) is 2.54. The van der Waals surface area contributed by atoms with E-state index in [4.69, 9.17) is 10.8 Å². The van der Waals surface area contributed by atoms with E-state index in [0.29, 0.717) is 6.61 Å². The summed E-state index contributed by atoms with van der Waals surface area (Å²) in [6, 6.07) is 8.13. The number of allylic oxidation sites excluding steroid dienone is 7. The molecule has 1 aliphatic heterocycles. The highest BCUT2D eigenvalue weighted by molar-refractivity contribution is 8.12. The fraction of sp³-hybridized carbons (Fsp3) is 0.150. The highest BCUT2D eigenvalue weighted by Gasteiger charge is 2.32. The Morgan fingerprint density at radius 1 is 1.32 bits per heavy atom. The minimum atomic E-state index is 0.260. The van der Waals surface area contributed by atoms with Gasteiger partial charge < -0.3 is 0 Å². The molecule has 1 aromatic carbocycles. The first-order valence-corrected chi connectivity index (χ1v) is 8.14. The van der Waals surface area contributed by atoms with Crippen molar-refractivity contribution in [2.24, 2.45) is 5.92 Å². The second kappa shape index (κ2) is 6.68. The molecule has 1 aliphatic carbocycles. The lowest BCUT2D eigenvalue weighted by Crippen LogP contribution is -2.01. The van der Waals surface area contributed by atoms with Crippen molar-refractivity contribution in [2.75, 3.05) is 6.61 Å². The zero-order valence-electron chi connectivity index (χ0n) is 12.5. The number of fused-ring (bicyclic) bond motifs is 1. The van der Waals surface area contributed by atoms with Gasteiger partial charge in [-0.3, -0.25) is 4.42 Å². The van der Waals surface area contributed by atoms with E-state index in [0.717, 1.165) is 11.1 Å². The maximum atomic E-state index is 5.60. The van der Waals surface area contributed by atoms with Crippen LogP contribution in [0.15, 0.2) is 65.1 Å². The van der Waals surface area contributed by atoms with Gasteiger partial charge in [-0.1, -0.05) is 60.2 Å². The summed E-state index contributed by atoms with van der Waals surface area (Å²) < 4.78 is 5.60. The van der Waals surface area contributed by atoms with Crippen molar-refractivity contribution in [3.05, 3.63) is 76.3 Å². The molecule has 0 saturated carbocycles.